The smallest absolute Gasteiger partial charge is 0.354 e. The number of rotatable bonds is 4. The standard InChI is InChI=1S/C20H21ClN6O4S/c1-20(2)11-27-18(31-20)16(10-24-27)32(22,29)26-19(28)25-15-9-13(21)4-5-14(15)12-6-7-23-17(8-12)30-3/h4-10H,11H2,1-3H3,(H3,22,25,26,28,29)/t32-/m1/s1. The minimum absolute atomic E-state index is 0.0587. The Morgan fingerprint density at radius 2 is 2.16 bits per heavy atom. The molecular formula is C20H21ClN6O4S. The molecule has 2 aromatic heterocycles. The number of carbonyl (C=O) groups is 1. The van der Waals surface area contributed by atoms with E-state index < -0.39 is 21.5 Å². The van der Waals surface area contributed by atoms with Crippen molar-refractivity contribution in [1.82, 2.24) is 14.8 Å². The molecule has 1 atom stereocenters. The van der Waals surface area contributed by atoms with Crippen LogP contribution in [-0.2, 0) is 16.5 Å². The highest BCUT2D eigenvalue weighted by atomic mass is 35.5. The van der Waals surface area contributed by atoms with Crippen molar-refractivity contribution in [2.24, 2.45) is 9.50 Å². The van der Waals surface area contributed by atoms with Gasteiger partial charge in [0, 0.05) is 22.8 Å². The van der Waals surface area contributed by atoms with Crippen molar-refractivity contribution in [2.45, 2.75) is 30.9 Å². The van der Waals surface area contributed by atoms with Crippen LogP contribution in [0.25, 0.3) is 11.1 Å². The van der Waals surface area contributed by atoms with Crippen molar-refractivity contribution in [1.29, 1.82) is 0 Å². The molecule has 0 bridgehead atoms. The topological polar surface area (TPSA) is 134 Å². The van der Waals surface area contributed by atoms with Crippen LogP contribution in [0.3, 0.4) is 0 Å². The summed E-state index contributed by atoms with van der Waals surface area (Å²) in [6, 6.07) is 7.51. The minimum Gasteiger partial charge on any atom is -0.481 e. The van der Waals surface area contributed by atoms with Crippen molar-refractivity contribution < 1.29 is 18.5 Å². The second-order valence-electron chi connectivity index (χ2n) is 7.70. The number of amides is 2. The molecule has 3 heterocycles. The molecule has 0 saturated carbocycles. The average Bonchev–Trinajstić information content (AvgIpc) is 3.22. The molecular weight excluding hydrogens is 456 g/mol. The predicted octanol–water partition coefficient (Wildman–Crippen LogP) is 3.71. The Hall–Kier alpha value is -3.15. The second kappa shape index (κ2) is 8.08. The number of halogens is 1. The van der Waals surface area contributed by atoms with Crippen LogP contribution in [0.2, 0.25) is 5.02 Å². The predicted molar refractivity (Wildman–Crippen MR) is 120 cm³/mol. The van der Waals surface area contributed by atoms with Crippen molar-refractivity contribution >= 4 is 33.2 Å². The van der Waals surface area contributed by atoms with E-state index in [9.17, 15) is 9.00 Å². The first-order chi connectivity index (χ1) is 15.1. The molecule has 4 rings (SSSR count). The van der Waals surface area contributed by atoms with Gasteiger partial charge in [-0.15, -0.1) is 4.36 Å². The number of hydrogen-bond acceptors (Lipinski definition) is 6. The highest BCUT2D eigenvalue weighted by molar-refractivity contribution is 7.91. The number of nitrogens with zero attached hydrogens (tertiary/aromatic N) is 4. The summed E-state index contributed by atoms with van der Waals surface area (Å²) in [6.07, 6.45) is 2.88. The van der Waals surface area contributed by atoms with Crippen molar-refractivity contribution in [2.75, 3.05) is 12.4 Å². The third-order valence-electron chi connectivity index (χ3n) is 4.67. The van der Waals surface area contributed by atoms with Crippen LogP contribution in [0.15, 0.2) is 52.0 Å². The van der Waals surface area contributed by atoms with Gasteiger partial charge in [-0.3, -0.25) is 0 Å². The van der Waals surface area contributed by atoms with E-state index in [1.54, 1.807) is 41.2 Å². The molecule has 2 amide bonds. The molecule has 1 aliphatic heterocycles. The van der Waals surface area contributed by atoms with Crippen LogP contribution >= 0.6 is 11.6 Å². The number of fused-ring (bicyclic) bond motifs is 1. The van der Waals surface area contributed by atoms with E-state index in [0.717, 1.165) is 5.56 Å². The summed E-state index contributed by atoms with van der Waals surface area (Å²) >= 11 is 6.12. The molecule has 3 N–H and O–H groups in total. The lowest BCUT2D eigenvalue weighted by atomic mass is 10.0. The summed E-state index contributed by atoms with van der Waals surface area (Å²) < 4.78 is 29.3. The van der Waals surface area contributed by atoms with Gasteiger partial charge in [0.05, 0.1) is 25.5 Å². The number of aromatic nitrogens is 3. The SMILES string of the molecule is COc1cc(-c2ccc(Cl)cc2NC(=O)N=[S@@](N)(=O)c2cnn3c2OC(C)(C)C3)ccn1. The Morgan fingerprint density at radius 3 is 2.91 bits per heavy atom. The fourth-order valence-corrected chi connectivity index (χ4v) is 4.46. The van der Waals surface area contributed by atoms with Gasteiger partial charge in [-0.1, -0.05) is 17.7 Å². The summed E-state index contributed by atoms with van der Waals surface area (Å²) in [5.41, 5.74) is 1.19. The highest BCUT2D eigenvalue weighted by Gasteiger charge is 2.35. The Bertz CT molecular complexity index is 1330. The van der Waals surface area contributed by atoms with Gasteiger partial charge in [-0.2, -0.15) is 5.10 Å². The number of pyridine rings is 1. The molecule has 1 aliphatic rings. The second-order valence-corrected chi connectivity index (χ2v) is 9.90. The number of hydrogen-bond donors (Lipinski definition) is 2. The van der Waals surface area contributed by atoms with Crippen LogP contribution in [0.4, 0.5) is 10.5 Å². The van der Waals surface area contributed by atoms with Crippen molar-refractivity contribution in [3.63, 3.8) is 0 Å². The number of methoxy groups -OCH3 is 1. The zero-order chi connectivity index (χ0) is 23.1. The summed E-state index contributed by atoms with van der Waals surface area (Å²) in [5, 5.41) is 13.1. The van der Waals surface area contributed by atoms with Crippen molar-refractivity contribution in [3.05, 3.63) is 47.7 Å². The Balaban J connectivity index is 1.66. The number of anilines is 1. The van der Waals surface area contributed by atoms with Gasteiger partial charge in [0.2, 0.25) is 11.8 Å². The molecule has 0 aliphatic carbocycles. The largest absolute Gasteiger partial charge is 0.481 e. The highest BCUT2D eigenvalue weighted by Crippen LogP contribution is 2.35. The monoisotopic (exact) mass is 476 g/mol. The number of nitrogens with two attached hydrogens (primary N) is 1. The molecule has 32 heavy (non-hydrogen) atoms. The van der Waals surface area contributed by atoms with E-state index in [1.807, 2.05) is 13.8 Å². The van der Waals surface area contributed by atoms with E-state index in [-0.39, 0.29) is 10.8 Å². The summed E-state index contributed by atoms with van der Waals surface area (Å²) in [6.45, 7) is 4.19. The Morgan fingerprint density at radius 1 is 1.38 bits per heavy atom. The van der Waals surface area contributed by atoms with Gasteiger partial charge in [-0.25, -0.2) is 23.8 Å². The summed E-state index contributed by atoms with van der Waals surface area (Å²) in [5.74, 6) is 0.647. The van der Waals surface area contributed by atoms with E-state index in [4.69, 9.17) is 26.2 Å². The van der Waals surface area contributed by atoms with Gasteiger partial charge in [0.15, 0.2) is 9.92 Å². The maximum atomic E-state index is 13.1. The number of ether oxygens (including phenoxy) is 2. The Labute approximate surface area is 190 Å². The van der Waals surface area contributed by atoms with E-state index in [1.165, 1.54) is 13.3 Å². The fourth-order valence-electron chi connectivity index (χ4n) is 3.30. The van der Waals surface area contributed by atoms with Gasteiger partial charge in [0.25, 0.3) is 0 Å². The zero-order valence-electron chi connectivity index (χ0n) is 17.5. The van der Waals surface area contributed by atoms with Crippen LogP contribution in [0, 0.1) is 0 Å². The van der Waals surface area contributed by atoms with Gasteiger partial charge in [-0.05, 0) is 37.6 Å². The fraction of sp³-hybridized carbons (Fsp3) is 0.250. The quantitative estimate of drug-likeness (QED) is 0.589. The van der Waals surface area contributed by atoms with Crippen molar-refractivity contribution in [3.8, 4) is 22.9 Å². The molecule has 1 aromatic carbocycles. The molecule has 0 spiro atoms. The molecule has 10 nitrogen and oxygen atoms in total. The maximum absolute atomic E-state index is 13.1. The molecule has 0 radical (unpaired) electrons. The van der Waals surface area contributed by atoms with Gasteiger partial charge < -0.3 is 14.8 Å². The number of urea groups is 1. The van der Waals surface area contributed by atoms with E-state index in [0.29, 0.717) is 28.7 Å². The van der Waals surface area contributed by atoms with E-state index in [2.05, 4.69) is 19.8 Å². The molecule has 0 unspecified atom stereocenters. The van der Waals surface area contributed by atoms with Crippen LogP contribution in [-0.4, -0.2) is 37.7 Å². The number of benzene rings is 1. The molecule has 0 fully saturated rings. The Kier molecular flexibility index (Phi) is 5.57. The van der Waals surface area contributed by atoms with Gasteiger partial charge in [0.1, 0.15) is 10.5 Å². The summed E-state index contributed by atoms with van der Waals surface area (Å²) in [7, 11) is -2.11. The summed E-state index contributed by atoms with van der Waals surface area (Å²) in [4.78, 5) is 16.8. The first-order valence-electron chi connectivity index (χ1n) is 9.49. The normalized spacial score (nSPS) is 15.9. The van der Waals surface area contributed by atoms with Gasteiger partial charge >= 0.3 is 6.03 Å². The third-order valence-corrected chi connectivity index (χ3v) is 6.26. The lowest BCUT2D eigenvalue weighted by molar-refractivity contribution is 0.132. The lowest BCUT2D eigenvalue weighted by Crippen LogP contribution is -2.27. The van der Waals surface area contributed by atoms with Crippen LogP contribution in [0.1, 0.15) is 13.8 Å². The average molecular weight is 477 g/mol. The molecule has 3 aromatic rings. The lowest BCUT2D eigenvalue weighted by Gasteiger charge is -2.16. The third kappa shape index (κ3) is 4.40. The molecule has 0 saturated heterocycles. The van der Waals surface area contributed by atoms with Crippen LogP contribution in [0.5, 0.6) is 11.8 Å². The molecule has 168 valence electrons. The first kappa shape index (κ1) is 22.1. The zero-order valence-corrected chi connectivity index (χ0v) is 19.1. The maximum Gasteiger partial charge on any atom is 0.354 e. The first-order valence-corrected chi connectivity index (χ1v) is 11.4. The number of nitrogens with one attached hydrogen (secondary N) is 1. The minimum atomic E-state index is -3.62. The van der Waals surface area contributed by atoms with E-state index >= 15 is 0 Å². The molecule has 12 heteroatoms. The van der Waals surface area contributed by atoms with Crippen LogP contribution < -0.4 is 19.9 Å². The number of carbonyl (C=O) groups excluding carboxylic acids is 1.